The van der Waals surface area contributed by atoms with Crippen LogP contribution in [0.2, 0.25) is 10.0 Å². The van der Waals surface area contributed by atoms with Crippen LogP contribution >= 0.6 is 23.2 Å². The summed E-state index contributed by atoms with van der Waals surface area (Å²) in [5.74, 6) is 1.41. The van der Waals surface area contributed by atoms with E-state index in [1.54, 1.807) is 24.3 Å². The van der Waals surface area contributed by atoms with E-state index >= 15 is 0 Å². The van der Waals surface area contributed by atoms with Crippen molar-refractivity contribution in [1.29, 1.82) is 10.5 Å². The van der Waals surface area contributed by atoms with E-state index in [2.05, 4.69) is 10.2 Å². The van der Waals surface area contributed by atoms with Gasteiger partial charge in [-0.1, -0.05) is 23.2 Å². The van der Waals surface area contributed by atoms with Crippen LogP contribution < -0.4 is 18.9 Å². The molecule has 0 saturated heterocycles. The molecule has 0 aromatic heterocycles. The van der Waals surface area contributed by atoms with Crippen LogP contribution in [-0.4, -0.2) is 38.9 Å². The number of hydrogen-bond donors (Lipinski definition) is 0. The van der Waals surface area contributed by atoms with Crippen LogP contribution in [0.3, 0.4) is 0 Å². The van der Waals surface area contributed by atoms with E-state index in [9.17, 15) is 0 Å². The molecule has 2 aromatic carbocycles. The minimum Gasteiger partial charge on any atom is -0.490 e. The van der Waals surface area contributed by atoms with Gasteiger partial charge in [0.15, 0.2) is 36.2 Å². The highest BCUT2D eigenvalue weighted by atomic mass is 35.5. The molecule has 0 unspecified atom stereocenters. The standard InChI is InChI=1S/C22H20Cl2N4O4/c1-3-29-19-11-15(9-17(23)21(19)31-7-5-25)13-27-28-14-16-10-18(24)22(32-8-6-26)20(12-16)30-4-2/h9-14H,3-4,7-8H2,1-2H3/b27-13+,28-14+. The zero-order valence-corrected chi connectivity index (χ0v) is 19.0. The summed E-state index contributed by atoms with van der Waals surface area (Å²) in [6, 6.07) is 10.4. The molecule has 0 heterocycles. The summed E-state index contributed by atoms with van der Waals surface area (Å²) in [7, 11) is 0. The normalized spacial score (nSPS) is 10.7. The predicted molar refractivity (Wildman–Crippen MR) is 123 cm³/mol. The second kappa shape index (κ2) is 13.1. The third-order valence-corrected chi connectivity index (χ3v) is 4.27. The fraction of sp³-hybridized carbons (Fsp3) is 0.273. The molecule has 32 heavy (non-hydrogen) atoms. The first-order chi connectivity index (χ1) is 15.5. The minimum absolute atomic E-state index is 0.149. The second-order valence-electron chi connectivity index (χ2n) is 5.91. The number of benzene rings is 2. The van der Waals surface area contributed by atoms with Gasteiger partial charge in [0.1, 0.15) is 12.1 Å². The lowest BCUT2D eigenvalue weighted by atomic mass is 10.2. The zero-order valence-electron chi connectivity index (χ0n) is 17.5. The summed E-state index contributed by atoms with van der Waals surface area (Å²) in [5, 5.41) is 26.1. The van der Waals surface area contributed by atoms with Gasteiger partial charge in [0.05, 0.1) is 35.7 Å². The summed E-state index contributed by atoms with van der Waals surface area (Å²) in [6.45, 7) is 4.15. The SMILES string of the molecule is CCOc1cc(/C=N/N=C/c2cc(Cl)c(OCC#N)c(OCC)c2)cc(Cl)c1OCC#N. The van der Waals surface area contributed by atoms with Gasteiger partial charge < -0.3 is 18.9 Å². The molecule has 0 bridgehead atoms. The third-order valence-electron chi connectivity index (χ3n) is 3.71. The molecule has 0 aliphatic heterocycles. The van der Waals surface area contributed by atoms with Gasteiger partial charge in [0, 0.05) is 11.1 Å². The molecule has 0 saturated carbocycles. The highest BCUT2D eigenvalue weighted by molar-refractivity contribution is 6.33. The van der Waals surface area contributed by atoms with E-state index in [-0.39, 0.29) is 23.3 Å². The van der Waals surface area contributed by atoms with E-state index < -0.39 is 0 Å². The van der Waals surface area contributed by atoms with Gasteiger partial charge in [-0.2, -0.15) is 20.7 Å². The molecule has 8 nitrogen and oxygen atoms in total. The monoisotopic (exact) mass is 474 g/mol. The summed E-state index contributed by atoms with van der Waals surface area (Å²) >= 11 is 12.5. The molecule has 0 spiro atoms. The first kappa shape index (κ1) is 24.8. The molecule has 0 aliphatic rings. The van der Waals surface area contributed by atoms with Crippen molar-refractivity contribution in [1.82, 2.24) is 0 Å². The van der Waals surface area contributed by atoms with E-state index in [0.29, 0.717) is 47.3 Å². The molecular weight excluding hydrogens is 455 g/mol. The lowest BCUT2D eigenvalue weighted by Crippen LogP contribution is -2.01. The fourth-order valence-corrected chi connectivity index (χ4v) is 3.09. The van der Waals surface area contributed by atoms with Crippen molar-refractivity contribution < 1.29 is 18.9 Å². The smallest absolute Gasteiger partial charge is 0.181 e. The lowest BCUT2D eigenvalue weighted by molar-refractivity contribution is 0.298. The quantitative estimate of drug-likeness (QED) is 0.332. The van der Waals surface area contributed by atoms with Gasteiger partial charge in [-0.25, -0.2) is 0 Å². The lowest BCUT2D eigenvalue weighted by Gasteiger charge is -2.12. The molecule has 10 heteroatoms. The minimum atomic E-state index is -0.149. The van der Waals surface area contributed by atoms with Crippen molar-refractivity contribution >= 4 is 35.6 Å². The number of rotatable bonds is 11. The molecule has 0 amide bonds. The molecule has 0 aliphatic carbocycles. The Hall–Kier alpha value is -3.46. The number of halogens is 2. The number of nitrogens with zero attached hydrogens (tertiary/aromatic N) is 4. The van der Waals surface area contributed by atoms with Crippen molar-refractivity contribution in [3.8, 4) is 35.1 Å². The molecule has 0 atom stereocenters. The van der Waals surface area contributed by atoms with Gasteiger partial charge >= 0.3 is 0 Å². The van der Waals surface area contributed by atoms with Gasteiger partial charge in [-0.05, 0) is 38.1 Å². The van der Waals surface area contributed by atoms with Crippen LogP contribution in [0.25, 0.3) is 0 Å². The maximum Gasteiger partial charge on any atom is 0.181 e. The van der Waals surface area contributed by atoms with Gasteiger partial charge in [0.25, 0.3) is 0 Å². The van der Waals surface area contributed by atoms with Crippen LogP contribution in [0, 0.1) is 22.7 Å². The molecule has 0 fully saturated rings. The average Bonchev–Trinajstić information content (AvgIpc) is 2.76. The number of hydrogen-bond acceptors (Lipinski definition) is 8. The van der Waals surface area contributed by atoms with Gasteiger partial charge in [-0.15, -0.1) is 0 Å². The van der Waals surface area contributed by atoms with E-state index in [1.165, 1.54) is 12.4 Å². The van der Waals surface area contributed by atoms with Crippen molar-refractivity contribution in [3.63, 3.8) is 0 Å². The maximum atomic E-state index is 8.72. The highest BCUT2D eigenvalue weighted by Crippen LogP contribution is 2.37. The van der Waals surface area contributed by atoms with E-state index in [1.807, 2.05) is 26.0 Å². The number of ether oxygens (including phenoxy) is 4. The Labute approximate surface area is 196 Å². The van der Waals surface area contributed by atoms with Crippen molar-refractivity contribution in [2.45, 2.75) is 13.8 Å². The summed E-state index contributed by atoms with van der Waals surface area (Å²) in [4.78, 5) is 0. The Morgan fingerprint density at radius 1 is 0.750 bits per heavy atom. The Morgan fingerprint density at radius 3 is 1.50 bits per heavy atom. The van der Waals surface area contributed by atoms with Crippen molar-refractivity contribution in [3.05, 3.63) is 45.4 Å². The average molecular weight is 475 g/mol. The fourth-order valence-electron chi connectivity index (χ4n) is 2.54. The van der Waals surface area contributed by atoms with Crippen LogP contribution in [0.15, 0.2) is 34.5 Å². The third kappa shape index (κ3) is 7.05. The van der Waals surface area contributed by atoms with E-state index in [4.69, 9.17) is 52.7 Å². The Balaban J connectivity index is 2.22. The summed E-state index contributed by atoms with van der Waals surface area (Å²) in [5.41, 5.74) is 1.27. The molecule has 0 N–H and O–H groups in total. The van der Waals surface area contributed by atoms with Crippen LogP contribution in [-0.2, 0) is 0 Å². The summed E-state index contributed by atoms with van der Waals surface area (Å²) in [6.07, 6.45) is 2.99. The Morgan fingerprint density at radius 2 is 1.16 bits per heavy atom. The van der Waals surface area contributed by atoms with Crippen LogP contribution in [0.4, 0.5) is 0 Å². The van der Waals surface area contributed by atoms with E-state index in [0.717, 1.165) is 0 Å². The largest absolute Gasteiger partial charge is 0.490 e. The maximum absolute atomic E-state index is 8.72. The molecular formula is C22H20Cl2N4O4. The van der Waals surface area contributed by atoms with Crippen LogP contribution in [0.5, 0.6) is 23.0 Å². The molecule has 2 rings (SSSR count). The van der Waals surface area contributed by atoms with Gasteiger partial charge in [0.2, 0.25) is 0 Å². The Bertz CT molecular complexity index is 990. The highest BCUT2D eigenvalue weighted by Gasteiger charge is 2.13. The van der Waals surface area contributed by atoms with Crippen molar-refractivity contribution in [2.24, 2.45) is 10.2 Å². The number of nitriles is 2. The second-order valence-corrected chi connectivity index (χ2v) is 6.72. The Kier molecular flexibility index (Phi) is 10.1. The summed E-state index contributed by atoms with van der Waals surface area (Å²) < 4.78 is 21.8. The first-order valence-corrected chi connectivity index (χ1v) is 10.3. The predicted octanol–water partition coefficient (Wildman–Crippen LogP) is 5.05. The van der Waals surface area contributed by atoms with Gasteiger partial charge in [-0.3, -0.25) is 0 Å². The van der Waals surface area contributed by atoms with Crippen LogP contribution in [0.1, 0.15) is 25.0 Å². The zero-order chi connectivity index (χ0) is 23.3. The first-order valence-electron chi connectivity index (χ1n) is 9.52. The molecule has 2 aromatic rings. The van der Waals surface area contributed by atoms with Crippen molar-refractivity contribution in [2.75, 3.05) is 26.4 Å². The molecule has 0 radical (unpaired) electrons. The topological polar surface area (TPSA) is 109 Å². The molecule has 166 valence electrons.